The number of rotatable bonds is 7. The molecule has 2 aromatic carbocycles. The van der Waals surface area contributed by atoms with Gasteiger partial charge in [-0.25, -0.2) is 4.79 Å². The van der Waals surface area contributed by atoms with Gasteiger partial charge in [0.2, 0.25) is 0 Å². The minimum atomic E-state index is -0.400. The van der Waals surface area contributed by atoms with Crippen molar-refractivity contribution in [2.75, 3.05) is 34.4 Å². The summed E-state index contributed by atoms with van der Waals surface area (Å²) in [6.07, 6.45) is 4.02. The lowest BCUT2D eigenvalue weighted by atomic mass is 9.90. The lowest BCUT2D eigenvalue weighted by Crippen LogP contribution is -2.38. The molecule has 1 fully saturated rings. The average molecular weight is 411 g/mol. The van der Waals surface area contributed by atoms with E-state index in [9.17, 15) is 9.59 Å². The molecule has 30 heavy (non-hydrogen) atoms. The summed E-state index contributed by atoms with van der Waals surface area (Å²) in [5.41, 5.74) is 2.25. The fourth-order valence-corrected chi connectivity index (χ4v) is 3.86. The molecule has 0 atom stereocenters. The first-order chi connectivity index (χ1) is 14.5. The number of hydrogen-bond donors (Lipinski definition) is 0. The molecule has 1 amide bonds. The number of methoxy groups -OCH3 is 3. The molecule has 1 heterocycles. The van der Waals surface area contributed by atoms with Crippen LogP contribution in [-0.2, 0) is 11.2 Å². The monoisotopic (exact) mass is 411 g/mol. The van der Waals surface area contributed by atoms with Gasteiger partial charge in [0, 0.05) is 24.7 Å². The van der Waals surface area contributed by atoms with Crippen molar-refractivity contribution in [3.63, 3.8) is 0 Å². The number of amides is 1. The predicted octanol–water partition coefficient (Wildman–Crippen LogP) is 3.98. The first-order valence-electron chi connectivity index (χ1n) is 10.2. The predicted molar refractivity (Wildman–Crippen MR) is 114 cm³/mol. The van der Waals surface area contributed by atoms with E-state index in [1.54, 1.807) is 38.5 Å². The maximum Gasteiger partial charge on any atom is 0.337 e. The molecular weight excluding hydrogens is 382 g/mol. The van der Waals surface area contributed by atoms with Crippen molar-refractivity contribution in [2.24, 2.45) is 5.92 Å². The topological polar surface area (TPSA) is 65.1 Å². The van der Waals surface area contributed by atoms with Gasteiger partial charge in [0.25, 0.3) is 5.91 Å². The number of piperidine rings is 1. The number of ether oxygens (including phenoxy) is 3. The van der Waals surface area contributed by atoms with Crippen LogP contribution in [-0.4, -0.2) is 51.2 Å². The summed E-state index contributed by atoms with van der Waals surface area (Å²) >= 11 is 0. The Morgan fingerprint density at radius 1 is 0.900 bits per heavy atom. The average Bonchev–Trinajstić information content (AvgIpc) is 2.81. The Balaban J connectivity index is 1.51. The molecule has 0 aromatic heterocycles. The van der Waals surface area contributed by atoms with Crippen LogP contribution >= 0.6 is 0 Å². The molecule has 2 aromatic rings. The number of hydrogen-bond acceptors (Lipinski definition) is 5. The third-order valence-electron chi connectivity index (χ3n) is 5.71. The van der Waals surface area contributed by atoms with E-state index >= 15 is 0 Å². The molecule has 0 spiro atoms. The molecule has 1 saturated heterocycles. The third kappa shape index (κ3) is 5.32. The van der Waals surface area contributed by atoms with Crippen LogP contribution in [0.15, 0.2) is 42.5 Å². The van der Waals surface area contributed by atoms with Crippen molar-refractivity contribution in [1.82, 2.24) is 4.90 Å². The quantitative estimate of drug-likeness (QED) is 0.645. The molecule has 0 bridgehead atoms. The van der Waals surface area contributed by atoms with Gasteiger partial charge in [0.05, 0.1) is 26.9 Å². The number of likely N-dealkylation sites (tertiary alicyclic amines) is 1. The molecule has 1 aliphatic heterocycles. The number of carbonyl (C=O) groups is 2. The Kier molecular flexibility index (Phi) is 7.33. The zero-order valence-electron chi connectivity index (χ0n) is 17.8. The minimum Gasteiger partial charge on any atom is -0.497 e. The summed E-state index contributed by atoms with van der Waals surface area (Å²) in [5, 5.41) is 0. The van der Waals surface area contributed by atoms with Crippen molar-refractivity contribution in [2.45, 2.75) is 25.7 Å². The Labute approximate surface area is 177 Å². The molecule has 160 valence electrons. The first kappa shape index (κ1) is 21.7. The molecule has 0 saturated carbocycles. The van der Waals surface area contributed by atoms with E-state index in [1.165, 1.54) is 12.7 Å². The van der Waals surface area contributed by atoms with Gasteiger partial charge in [0.1, 0.15) is 11.5 Å². The van der Waals surface area contributed by atoms with Crippen molar-refractivity contribution in [3.8, 4) is 11.5 Å². The standard InChI is InChI=1S/C24H29NO5/c1-28-21-14-18(15-22(16-21)29-2)5-4-17-10-12-25(13-11-17)23(26)19-6-8-20(9-7-19)24(27)30-3/h6-9,14-17H,4-5,10-13H2,1-3H3. The highest BCUT2D eigenvalue weighted by Gasteiger charge is 2.24. The van der Waals surface area contributed by atoms with E-state index in [-0.39, 0.29) is 5.91 Å². The van der Waals surface area contributed by atoms with Crippen LogP contribution in [0.3, 0.4) is 0 Å². The van der Waals surface area contributed by atoms with E-state index in [1.807, 2.05) is 11.0 Å². The van der Waals surface area contributed by atoms with Gasteiger partial charge < -0.3 is 19.1 Å². The summed E-state index contributed by atoms with van der Waals surface area (Å²) in [6, 6.07) is 12.6. The maximum atomic E-state index is 12.8. The van der Waals surface area contributed by atoms with Gasteiger partial charge in [-0.1, -0.05) is 0 Å². The smallest absolute Gasteiger partial charge is 0.337 e. The zero-order chi connectivity index (χ0) is 21.5. The fraction of sp³-hybridized carbons (Fsp3) is 0.417. The highest BCUT2D eigenvalue weighted by molar-refractivity contribution is 5.96. The Morgan fingerprint density at radius 2 is 1.47 bits per heavy atom. The summed E-state index contributed by atoms with van der Waals surface area (Å²) in [5.74, 6) is 1.82. The molecule has 6 nitrogen and oxygen atoms in total. The van der Waals surface area contributed by atoms with Crippen LogP contribution in [0.5, 0.6) is 11.5 Å². The molecule has 1 aliphatic rings. The van der Waals surface area contributed by atoms with Crippen LogP contribution in [0.2, 0.25) is 0 Å². The Morgan fingerprint density at radius 3 is 2.00 bits per heavy atom. The summed E-state index contributed by atoms with van der Waals surface area (Å²) in [6.45, 7) is 1.51. The normalized spacial score (nSPS) is 14.3. The zero-order valence-corrected chi connectivity index (χ0v) is 17.8. The second kappa shape index (κ2) is 10.1. The molecular formula is C24H29NO5. The van der Waals surface area contributed by atoms with Gasteiger partial charge in [-0.2, -0.15) is 0 Å². The van der Waals surface area contributed by atoms with Crippen LogP contribution in [0.1, 0.15) is 45.5 Å². The molecule has 0 radical (unpaired) electrons. The summed E-state index contributed by atoms with van der Waals surface area (Å²) in [4.78, 5) is 26.2. The number of aryl methyl sites for hydroxylation is 1. The van der Waals surface area contributed by atoms with E-state index in [2.05, 4.69) is 12.1 Å². The highest BCUT2D eigenvalue weighted by Crippen LogP contribution is 2.27. The van der Waals surface area contributed by atoms with Gasteiger partial charge in [-0.05, 0) is 73.6 Å². The second-order valence-corrected chi connectivity index (χ2v) is 7.56. The maximum absolute atomic E-state index is 12.8. The van der Waals surface area contributed by atoms with Gasteiger partial charge in [0.15, 0.2) is 0 Å². The molecule has 0 unspecified atom stereocenters. The number of carbonyl (C=O) groups excluding carboxylic acids is 2. The van der Waals surface area contributed by atoms with E-state index in [0.29, 0.717) is 17.0 Å². The van der Waals surface area contributed by atoms with Crippen molar-refractivity contribution >= 4 is 11.9 Å². The lowest BCUT2D eigenvalue weighted by molar-refractivity contribution is 0.0599. The van der Waals surface area contributed by atoms with E-state index < -0.39 is 5.97 Å². The number of benzene rings is 2. The van der Waals surface area contributed by atoms with Gasteiger partial charge in [-0.15, -0.1) is 0 Å². The number of esters is 1. The molecule has 3 rings (SSSR count). The van der Waals surface area contributed by atoms with Crippen molar-refractivity contribution < 1.29 is 23.8 Å². The Hall–Kier alpha value is -3.02. The largest absolute Gasteiger partial charge is 0.497 e. The van der Waals surface area contributed by atoms with Crippen molar-refractivity contribution in [3.05, 3.63) is 59.2 Å². The first-order valence-corrected chi connectivity index (χ1v) is 10.2. The van der Waals surface area contributed by atoms with Crippen LogP contribution in [0.4, 0.5) is 0 Å². The van der Waals surface area contributed by atoms with E-state index in [0.717, 1.165) is 50.3 Å². The van der Waals surface area contributed by atoms with E-state index in [4.69, 9.17) is 14.2 Å². The SMILES string of the molecule is COC(=O)c1ccc(C(=O)N2CCC(CCc3cc(OC)cc(OC)c3)CC2)cc1. The van der Waals surface area contributed by atoms with Gasteiger partial charge >= 0.3 is 5.97 Å². The molecule has 0 N–H and O–H groups in total. The van der Waals surface area contributed by atoms with Crippen LogP contribution < -0.4 is 9.47 Å². The lowest BCUT2D eigenvalue weighted by Gasteiger charge is -2.32. The summed E-state index contributed by atoms with van der Waals surface area (Å²) in [7, 11) is 4.67. The molecule has 0 aliphatic carbocycles. The third-order valence-corrected chi connectivity index (χ3v) is 5.71. The van der Waals surface area contributed by atoms with Crippen molar-refractivity contribution in [1.29, 1.82) is 0 Å². The minimum absolute atomic E-state index is 0.0161. The van der Waals surface area contributed by atoms with Gasteiger partial charge in [-0.3, -0.25) is 4.79 Å². The van der Waals surface area contributed by atoms with Crippen LogP contribution in [0.25, 0.3) is 0 Å². The van der Waals surface area contributed by atoms with Crippen LogP contribution in [0, 0.1) is 5.92 Å². The number of nitrogens with zero attached hydrogens (tertiary/aromatic N) is 1. The highest BCUT2D eigenvalue weighted by atomic mass is 16.5. The fourth-order valence-electron chi connectivity index (χ4n) is 3.86. The Bertz CT molecular complexity index is 847. The second-order valence-electron chi connectivity index (χ2n) is 7.56. The summed E-state index contributed by atoms with van der Waals surface area (Å²) < 4.78 is 15.4. The molecule has 6 heteroatoms.